The maximum Gasteiger partial charge on any atom is 0.573 e. The van der Waals surface area contributed by atoms with E-state index in [0.717, 1.165) is 18.4 Å². The highest BCUT2D eigenvalue weighted by Crippen LogP contribution is 2.35. The van der Waals surface area contributed by atoms with Crippen molar-refractivity contribution in [1.29, 1.82) is 0 Å². The first-order chi connectivity index (χ1) is 17.2. The van der Waals surface area contributed by atoms with E-state index in [1.54, 1.807) is 17.9 Å². The number of carbonyl (C=O) groups excluding carboxylic acids is 1. The van der Waals surface area contributed by atoms with Crippen molar-refractivity contribution in [2.45, 2.75) is 26.1 Å². The fourth-order valence-electron chi connectivity index (χ4n) is 3.89. The van der Waals surface area contributed by atoms with Gasteiger partial charge in [0.25, 0.3) is 11.9 Å². The first kappa shape index (κ1) is 24.1. The van der Waals surface area contributed by atoms with Gasteiger partial charge in [-0.2, -0.15) is 4.98 Å². The molecule has 2 aromatic heterocycles. The molecule has 1 saturated carbocycles. The predicted molar refractivity (Wildman–Crippen MR) is 130 cm³/mol. The summed E-state index contributed by atoms with van der Waals surface area (Å²) in [7, 11) is 0. The van der Waals surface area contributed by atoms with Gasteiger partial charge in [-0.25, -0.2) is 4.98 Å². The molecular weight excluding hydrogens is 493 g/mol. The maximum atomic E-state index is 13.6. The highest BCUT2D eigenvalue weighted by Gasteiger charge is 2.32. The van der Waals surface area contributed by atoms with Crippen LogP contribution in [0.2, 0.25) is 0 Å². The van der Waals surface area contributed by atoms with Gasteiger partial charge in [0.1, 0.15) is 17.0 Å². The van der Waals surface area contributed by atoms with Crippen LogP contribution in [0.4, 0.5) is 19.2 Å². The van der Waals surface area contributed by atoms with Crippen LogP contribution in [0, 0.1) is 12.8 Å². The Morgan fingerprint density at radius 1 is 1.19 bits per heavy atom. The highest BCUT2D eigenvalue weighted by molar-refractivity contribution is 7.15. The number of thiazole rings is 1. The van der Waals surface area contributed by atoms with Gasteiger partial charge in [-0.3, -0.25) is 4.79 Å². The van der Waals surface area contributed by atoms with E-state index in [1.165, 1.54) is 29.5 Å². The monoisotopic (exact) mass is 516 g/mol. The number of hydrogen-bond acceptors (Lipinski definition) is 7. The molecule has 0 aliphatic heterocycles. The fraction of sp³-hybridized carbons (Fsp3) is 0.320. The van der Waals surface area contributed by atoms with Crippen LogP contribution in [-0.2, 0) is 0 Å². The molecule has 7 nitrogen and oxygen atoms in total. The van der Waals surface area contributed by atoms with E-state index in [0.29, 0.717) is 52.6 Å². The molecular formula is C25H23F3N4O3S. The lowest BCUT2D eigenvalue weighted by Crippen LogP contribution is -2.37. The van der Waals surface area contributed by atoms with Gasteiger partial charge in [0, 0.05) is 19.6 Å². The molecule has 1 aliphatic rings. The molecule has 0 radical (unpaired) electrons. The normalized spacial score (nSPS) is 13.7. The van der Waals surface area contributed by atoms with E-state index in [4.69, 9.17) is 4.42 Å². The summed E-state index contributed by atoms with van der Waals surface area (Å²) in [4.78, 5) is 24.7. The second-order valence-corrected chi connectivity index (χ2v) is 9.80. The van der Waals surface area contributed by atoms with Gasteiger partial charge < -0.3 is 19.4 Å². The Bertz CT molecular complexity index is 1350. The number of ether oxygens (including phenoxy) is 1. The van der Waals surface area contributed by atoms with Crippen molar-refractivity contribution < 1.29 is 27.1 Å². The molecule has 4 aromatic rings. The van der Waals surface area contributed by atoms with E-state index in [9.17, 15) is 18.0 Å². The van der Waals surface area contributed by atoms with Gasteiger partial charge in [-0.15, -0.1) is 24.5 Å². The van der Waals surface area contributed by atoms with E-state index >= 15 is 0 Å². The van der Waals surface area contributed by atoms with Crippen LogP contribution in [0.25, 0.3) is 21.5 Å². The van der Waals surface area contributed by atoms with Crippen LogP contribution in [-0.4, -0.2) is 46.8 Å². The Balaban J connectivity index is 1.34. The average Bonchev–Trinajstić information content (AvgIpc) is 3.41. The van der Waals surface area contributed by atoms with Crippen LogP contribution >= 0.6 is 11.3 Å². The second kappa shape index (κ2) is 9.81. The second-order valence-electron chi connectivity index (χ2n) is 8.59. The first-order valence-electron chi connectivity index (χ1n) is 11.5. The van der Waals surface area contributed by atoms with Crippen molar-refractivity contribution in [2.75, 3.05) is 25.0 Å². The van der Waals surface area contributed by atoms with Crippen LogP contribution in [0.3, 0.4) is 0 Å². The summed E-state index contributed by atoms with van der Waals surface area (Å²) in [5, 5.41) is 3.78. The number of nitrogens with zero attached hydrogens (tertiary/aromatic N) is 3. The molecule has 0 unspecified atom stereocenters. The zero-order chi connectivity index (χ0) is 25.3. The van der Waals surface area contributed by atoms with Crippen LogP contribution in [0.5, 0.6) is 5.75 Å². The maximum absolute atomic E-state index is 13.6. The highest BCUT2D eigenvalue weighted by atomic mass is 32.1. The Kier molecular flexibility index (Phi) is 6.57. The molecule has 2 aromatic carbocycles. The largest absolute Gasteiger partial charge is 0.573 e. The van der Waals surface area contributed by atoms with Gasteiger partial charge >= 0.3 is 6.36 Å². The number of nitrogens with one attached hydrogen (secondary N) is 1. The molecule has 0 atom stereocenters. The van der Waals surface area contributed by atoms with E-state index in [-0.39, 0.29) is 17.4 Å². The molecule has 0 bridgehead atoms. The molecule has 188 valence electrons. The van der Waals surface area contributed by atoms with Crippen molar-refractivity contribution >= 4 is 34.4 Å². The number of oxazole rings is 1. The Morgan fingerprint density at radius 2 is 2.00 bits per heavy atom. The van der Waals surface area contributed by atoms with E-state index in [2.05, 4.69) is 20.0 Å². The molecule has 0 saturated heterocycles. The van der Waals surface area contributed by atoms with Crippen LogP contribution < -0.4 is 10.1 Å². The number of amides is 1. The number of alkyl halides is 3. The molecule has 5 rings (SSSR count). The topological polar surface area (TPSA) is 80.5 Å². The molecule has 1 fully saturated rings. The fourth-order valence-corrected chi connectivity index (χ4v) is 4.79. The number of aromatic nitrogens is 2. The summed E-state index contributed by atoms with van der Waals surface area (Å²) < 4.78 is 47.9. The minimum absolute atomic E-state index is 0.226. The van der Waals surface area contributed by atoms with Crippen molar-refractivity contribution in [3.05, 3.63) is 59.2 Å². The summed E-state index contributed by atoms with van der Waals surface area (Å²) >= 11 is 1.26. The summed E-state index contributed by atoms with van der Waals surface area (Å²) in [6.45, 7) is 3.16. The number of carbonyl (C=O) groups is 1. The van der Waals surface area contributed by atoms with Crippen molar-refractivity contribution in [2.24, 2.45) is 5.92 Å². The summed E-state index contributed by atoms with van der Waals surface area (Å²) in [5.74, 6) is -0.172. The number of hydrogen-bond donors (Lipinski definition) is 1. The number of halogens is 3. The summed E-state index contributed by atoms with van der Waals surface area (Å²) in [6.07, 6.45) is -2.69. The lowest BCUT2D eigenvalue weighted by molar-refractivity contribution is -0.274. The summed E-state index contributed by atoms with van der Waals surface area (Å²) in [6, 6.07) is 13.4. The van der Waals surface area contributed by atoms with Gasteiger partial charge in [-0.1, -0.05) is 24.3 Å². The first-order valence-corrected chi connectivity index (χ1v) is 12.3. The molecule has 1 amide bonds. The molecule has 2 heterocycles. The molecule has 36 heavy (non-hydrogen) atoms. The molecule has 11 heteroatoms. The standard InChI is InChI=1S/C25H23F3N4O3S/c1-15-30-21(22(36-15)17-5-4-6-18(13-17)35-25(26,27)28)23(33)32(14-16-9-10-16)12-11-29-24-31-19-7-2-3-8-20(19)34-24/h2-8,13,16H,9-12,14H2,1H3,(H,29,31). The quantitative estimate of drug-likeness (QED) is 0.289. The SMILES string of the molecule is Cc1nc(C(=O)N(CCNc2nc3ccccc3o2)CC2CC2)c(-c2cccc(OC(F)(F)F)c2)s1. The van der Waals surface area contributed by atoms with Gasteiger partial charge in [0.15, 0.2) is 5.58 Å². The lowest BCUT2D eigenvalue weighted by Gasteiger charge is -2.22. The summed E-state index contributed by atoms with van der Waals surface area (Å²) in [5.41, 5.74) is 2.08. The lowest BCUT2D eigenvalue weighted by atomic mass is 10.1. The Labute approximate surface area is 208 Å². The van der Waals surface area contributed by atoms with Crippen LogP contribution in [0.1, 0.15) is 28.3 Å². The van der Waals surface area contributed by atoms with Crippen molar-refractivity contribution in [3.63, 3.8) is 0 Å². The number of para-hydroxylation sites is 2. The number of rotatable bonds is 9. The minimum Gasteiger partial charge on any atom is -0.424 e. The number of fused-ring (bicyclic) bond motifs is 1. The van der Waals surface area contributed by atoms with Gasteiger partial charge in [0.05, 0.1) is 9.88 Å². The van der Waals surface area contributed by atoms with Crippen LogP contribution in [0.15, 0.2) is 52.9 Å². The number of benzene rings is 2. The molecule has 1 N–H and O–H groups in total. The minimum atomic E-state index is -4.80. The Morgan fingerprint density at radius 3 is 2.75 bits per heavy atom. The third-order valence-electron chi connectivity index (χ3n) is 5.68. The van der Waals surface area contributed by atoms with E-state index in [1.807, 2.05) is 24.3 Å². The molecule has 0 spiro atoms. The zero-order valence-electron chi connectivity index (χ0n) is 19.3. The average molecular weight is 517 g/mol. The van der Waals surface area contributed by atoms with Crippen molar-refractivity contribution in [1.82, 2.24) is 14.9 Å². The Hall–Kier alpha value is -3.60. The molecule has 1 aliphatic carbocycles. The van der Waals surface area contributed by atoms with Crippen molar-refractivity contribution in [3.8, 4) is 16.2 Å². The number of anilines is 1. The third kappa shape index (κ3) is 5.78. The third-order valence-corrected chi connectivity index (χ3v) is 6.70. The van der Waals surface area contributed by atoms with Gasteiger partial charge in [-0.05, 0) is 55.5 Å². The van der Waals surface area contributed by atoms with E-state index < -0.39 is 6.36 Å². The zero-order valence-corrected chi connectivity index (χ0v) is 20.2. The van der Waals surface area contributed by atoms with Gasteiger partial charge in [0.2, 0.25) is 0 Å². The predicted octanol–water partition coefficient (Wildman–Crippen LogP) is 6.12. The number of aryl methyl sites for hydroxylation is 1. The smallest absolute Gasteiger partial charge is 0.424 e.